The molecule has 21 heavy (non-hydrogen) atoms. The van der Waals surface area contributed by atoms with Gasteiger partial charge in [-0.2, -0.15) is 0 Å². The molecule has 3 aromatic rings. The molecule has 0 atom stereocenters. The highest BCUT2D eigenvalue weighted by Gasteiger charge is 2.04. The van der Waals surface area contributed by atoms with Crippen LogP contribution in [0.2, 0.25) is 0 Å². The van der Waals surface area contributed by atoms with Crippen molar-refractivity contribution in [3.63, 3.8) is 0 Å². The molecule has 3 aromatic carbocycles. The predicted molar refractivity (Wildman–Crippen MR) is 90.6 cm³/mol. The fourth-order valence-electron chi connectivity index (χ4n) is 2.38. The first-order valence-electron chi connectivity index (χ1n) is 6.74. The Morgan fingerprint density at radius 2 is 1.05 bits per heavy atom. The summed E-state index contributed by atoms with van der Waals surface area (Å²) in [4.78, 5) is 0. The molecule has 0 saturated heterocycles. The first kappa shape index (κ1) is 13.1. The zero-order valence-corrected chi connectivity index (χ0v) is 11.6. The number of benzene rings is 3. The first-order chi connectivity index (χ1) is 10.1. The summed E-state index contributed by atoms with van der Waals surface area (Å²) >= 11 is 0. The van der Waals surface area contributed by atoms with Crippen molar-refractivity contribution in [3.05, 3.63) is 66.7 Å². The van der Waals surface area contributed by atoms with Crippen molar-refractivity contribution in [2.24, 2.45) is 0 Å². The number of anilines is 3. The zero-order chi connectivity index (χ0) is 14.8. The molecule has 0 amide bonds. The average molecular weight is 275 g/mol. The van der Waals surface area contributed by atoms with Crippen molar-refractivity contribution in [3.8, 4) is 22.3 Å². The maximum Gasteiger partial charge on any atom is 0.0326 e. The Bertz CT molecular complexity index is 777. The molecule has 6 N–H and O–H groups in total. The normalized spacial score (nSPS) is 10.5. The third-order valence-corrected chi connectivity index (χ3v) is 3.42. The Balaban J connectivity index is 2.10. The van der Waals surface area contributed by atoms with E-state index in [4.69, 9.17) is 17.2 Å². The van der Waals surface area contributed by atoms with Crippen molar-refractivity contribution in [2.75, 3.05) is 17.2 Å². The second kappa shape index (κ2) is 5.21. The van der Waals surface area contributed by atoms with Gasteiger partial charge in [0.15, 0.2) is 0 Å². The molecule has 0 aliphatic heterocycles. The van der Waals surface area contributed by atoms with Crippen LogP contribution in [0.3, 0.4) is 0 Å². The summed E-state index contributed by atoms with van der Waals surface area (Å²) in [5.41, 5.74) is 24.1. The fourth-order valence-corrected chi connectivity index (χ4v) is 2.38. The van der Waals surface area contributed by atoms with E-state index in [-0.39, 0.29) is 0 Å². The van der Waals surface area contributed by atoms with Crippen molar-refractivity contribution < 1.29 is 0 Å². The molecule has 0 unspecified atom stereocenters. The molecule has 0 aromatic heterocycles. The number of rotatable bonds is 2. The molecule has 0 radical (unpaired) electrons. The minimum atomic E-state index is 0.724. The lowest BCUT2D eigenvalue weighted by Gasteiger charge is -2.09. The number of hydrogen-bond acceptors (Lipinski definition) is 3. The molecular weight excluding hydrogens is 258 g/mol. The van der Waals surface area contributed by atoms with Crippen LogP contribution in [0, 0.1) is 0 Å². The zero-order valence-electron chi connectivity index (χ0n) is 11.6. The Morgan fingerprint density at radius 1 is 0.429 bits per heavy atom. The third kappa shape index (κ3) is 2.82. The van der Waals surface area contributed by atoms with Crippen LogP contribution in [0.5, 0.6) is 0 Å². The van der Waals surface area contributed by atoms with E-state index in [0.717, 1.165) is 39.3 Å². The van der Waals surface area contributed by atoms with Crippen LogP contribution in [0.15, 0.2) is 66.7 Å². The Hall–Kier alpha value is -2.94. The summed E-state index contributed by atoms with van der Waals surface area (Å²) in [6, 6.07) is 21.6. The van der Waals surface area contributed by atoms with Crippen LogP contribution in [0.25, 0.3) is 22.3 Å². The second-order valence-corrected chi connectivity index (χ2v) is 5.09. The van der Waals surface area contributed by atoms with Crippen LogP contribution < -0.4 is 17.2 Å². The number of hydrogen-bond donors (Lipinski definition) is 3. The minimum Gasteiger partial charge on any atom is -0.399 e. The molecular formula is C18H17N3. The summed E-state index contributed by atoms with van der Waals surface area (Å²) in [6.45, 7) is 0. The van der Waals surface area contributed by atoms with Crippen LogP contribution in [0.1, 0.15) is 0 Å². The van der Waals surface area contributed by atoms with Gasteiger partial charge in [-0.3, -0.25) is 0 Å². The van der Waals surface area contributed by atoms with Crippen molar-refractivity contribution in [1.29, 1.82) is 0 Å². The van der Waals surface area contributed by atoms with E-state index in [1.807, 2.05) is 60.7 Å². The minimum absolute atomic E-state index is 0.724. The second-order valence-electron chi connectivity index (χ2n) is 5.09. The molecule has 0 aliphatic carbocycles. The van der Waals surface area contributed by atoms with Gasteiger partial charge in [0, 0.05) is 17.1 Å². The Labute approximate surface area is 124 Å². The summed E-state index contributed by atoms with van der Waals surface area (Å²) < 4.78 is 0. The Kier molecular flexibility index (Phi) is 3.24. The maximum atomic E-state index is 6.05. The molecule has 0 bridgehead atoms. The largest absolute Gasteiger partial charge is 0.399 e. The fraction of sp³-hybridized carbons (Fsp3) is 0. The quantitative estimate of drug-likeness (QED) is 0.623. The summed E-state index contributed by atoms with van der Waals surface area (Å²) in [5.74, 6) is 0. The molecule has 3 rings (SSSR count). The summed E-state index contributed by atoms with van der Waals surface area (Å²) in [5, 5.41) is 0. The molecule has 3 nitrogen and oxygen atoms in total. The molecule has 0 heterocycles. The number of nitrogen functional groups attached to an aromatic ring is 3. The van der Waals surface area contributed by atoms with Crippen molar-refractivity contribution in [2.45, 2.75) is 0 Å². The van der Waals surface area contributed by atoms with Crippen LogP contribution in [-0.2, 0) is 0 Å². The van der Waals surface area contributed by atoms with Crippen molar-refractivity contribution >= 4 is 17.1 Å². The highest BCUT2D eigenvalue weighted by atomic mass is 14.6. The van der Waals surface area contributed by atoms with Gasteiger partial charge in [0.25, 0.3) is 0 Å². The van der Waals surface area contributed by atoms with E-state index >= 15 is 0 Å². The molecule has 104 valence electrons. The molecule has 0 aliphatic rings. The highest BCUT2D eigenvalue weighted by Crippen LogP contribution is 2.30. The van der Waals surface area contributed by atoms with Gasteiger partial charge in [-0.25, -0.2) is 0 Å². The van der Waals surface area contributed by atoms with Gasteiger partial charge in [0.2, 0.25) is 0 Å². The standard InChI is InChI=1S/C18H17N3/c19-16-6-4-12(5-7-16)14-8-15(11-18(21)10-14)13-2-1-3-17(20)9-13/h1-11H,19-21H2. The van der Waals surface area contributed by atoms with E-state index in [2.05, 4.69) is 6.07 Å². The Morgan fingerprint density at radius 3 is 1.71 bits per heavy atom. The highest BCUT2D eigenvalue weighted by molar-refractivity contribution is 5.78. The lowest BCUT2D eigenvalue weighted by molar-refractivity contribution is 1.58. The summed E-state index contributed by atoms with van der Waals surface area (Å²) in [7, 11) is 0. The topological polar surface area (TPSA) is 78.1 Å². The molecule has 0 saturated carbocycles. The lowest BCUT2D eigenvalue weighted by atomic mass is 9.98. The molecule has 0 spiro atoms. The van der Waals surface area contributed by atoms with Crippen LogP contribution >= 0.6 is 0 Å². The molecule has 0 fully saturated rings. The van der Waals surface area contributed by atoms with Gasteiger partial charge in [0.05, 0.1) is 0 Å². The van der Waals surface area contributed by atoms with Crippen molar-refractivity contribution in [1.82, 2.24) is 0 Å². The van der Waals surface area contributed by atoms with Gasteiger partial charge in [-0.1, -0.05) is 24.3 Å². The maximum absolute atomic E-state index is 6.05. The predicted octanol–water partition coefficient (Wildman–Crippen LogP) is 3.77. The smallest absolute Gasteiger partial charge is 0.0326 e. The van der Waals surface area contributed by atoms with Gasteiger partial charge in [-0.15, -0.1) is 0 Å². The molecule has 3 heteroatoms. The third-order valence-electron chi connectivity index (χ3n) is 3.42. The SMILES string of the molecule is Nc1ccc(-c2cc(N)cc(-c3cccc(N)c3)c2)cc1. The van der Waals surface area contributed by atoms with Gasteiger partial charge in [0.1, 0.15) is 0 Å². The van der Waals surface area contributed by atoms with Gasteiger partial charge < -0.3 is 17.2 Å². The summed E-state index contributed by atoms with van der Waals surface area (Å²) in [6.07, 6.45) is 0. The lowest BCUT2D eigenvalue weighted by Crippen LogP contribution is -1.90. The van der Waals surface area contributed by atoms with E-state index in [1.165, 1.54) is 0 Å². The van der Waals surface area contributed by atoms with E-state index < -0.39 is 0 Å². The monoisotopic (exact) mass is 275 g/mol. The average Bonchev–Trinajstić information content (AvgIpc) is 2.47. The van der Waals surface area contributed by atoms with Crippen LogP contribution in [-0.4, -0.2) is 0 Å². The number of nitrogens with two attached hydrogens (primary N) is 3. The van der Waals surface area contributed by atoms with Gasteiger partial charge in [-0.05, 0) is 64.7 Å². The first-order valence-corrected chi connectivity index (χ1v) is 6.74. The van der Waals surface area contributed by atoms with Gasteiger partial charge >= 0.3 is 0 Å². The van der Waals surface area contributed by atoms with E-state index in [0.29, 0.717) is 0 Å². The van der Waals surface area contributed by atoms with E-state index in [1.54, 1.807) is 0 Å². The van der Waals surface area contributed by atoms with Crippen LogP contribution in [0.4, 0.5) is 17.1 Å². The van der Waals surface area contributed by atoms with E-state index in [9.17, 15) is 0 Å².